The molecule has 33 heavy (non-hydrogen) atoms. The number of nitrogens with one attached hydrogen (secondary N) is 2. The second-order valence-corrected chi connectivity index (χ2v) is 9.45. The van der Waals surface area contributed by atoms with E-state index >= 15 is 0 Å². The van der Waals surface area contributed by atoms with Crippen LogP contribution in [0, 0.1) is 23.5 Å². The fourth-order valence-corrected chi connectivity index (χ4v) is 4.46. The summed E-state index contributed by atoms with van der Waals surface area (Å²) in [5.41, 5.74) is -0.889. The van der Waals surface area contributed by atoms with E-state index < -0.39 is 46.0 Å². The van der Waals surface area contributed by atoms with Gasteiger partial charge in [-0.05, 0) is 55.7 Å². The minimum atomic E-state index is -4.88. The van der Waals surface area contributed by atoms with Crippen LogP contribution in [-0.2, 0) is 22.3 Å². The van der Waals surface area contributed by atoms with Gasteiger partial charge >= 0.3 is 6.18 Å². The molecule has 2 saturated carbocycles. The highest BCUT2D eigenvalue weighted by Gasteiger charge is 2.65. The van der Waals surface area contributed by atoms with Gasteiger partial charge in [-0.1, -0.05) is 6.07 Å². The van der Waals surface area contributed by atoms with Crippen molar-refractivity contribution in [2.75, 3.05) is 5.32 Å². The van der Waals surface area contributed by atoms with Crippen LogP contribution in [0.15, 0.2) is 36.4 Å². The van der Waals surface area contributed by atoms with E-state index in [4.69, 9.17) is 11.6 Å². The van der Waals surface area contributed by atoms with Crippen LogP contribution in [0.3, 0.4) is 0 Å². The summed E-state index contributed by atoms with van der Waals surface area (Å²) in [4.78, 5) is 23.4. The van der Waals surface area contributed by atoms with Gasteiger partial charge in [-0.3, -0.25) is 9.59 Å². The molecule has 2 aliphatic rings. The lowest BCUT2D eigenvalue weighted by molar-refractivity contribution is -0.140. The van der Waals surface area contributed by atoms with E-state index in [2.05, 4.69) is 10.6 Å². The summed E-state index contributed by atoms with van der Waals surface area (Å²) < 4.78 is 66.9. The van der Waals surface area contributed by atoms with Crippen LogP contribution >= 0.6 is 11.6 Å². The van der Waals surface area contributed by atoms with E-state index in [0.29, 0.717) is 12.1 Å². The van der Waals surface area contributed by atoms with E-state index in [1.165, 1.54) is 25.1 Å². The van der Waals surface area contributed by atoms with E-state index in [1.807, 2.05) is 0 Å². The van der Waals surface area contributed by atoms with Crippen molar-refractivity contribution in [1.29, 1.82) is 0 Å². The second-order valence-electron chi connectivity index (χ2n) is 8.63. The Hall–Kier alpha value is -2.68. The van der Waals surface area contributed by atoms with Crippen LogP contribution in [0.25, 0.3) is 0 Å². The summed E-state index contributed by atoms with van der Waals surface area (Å²) in [5.74, 6) is -4.35. The Kier molecular flexibility index (Phi) is 5.88. The number of amides is 2. The Labute approximate surface area is 191 Å². The molecule has 2 fully saturated rings. The summed E-state index contributed by atoms with van der Waals surface area (Å²) in [6, 6.07) is 6.42. The molecule has 0 bridgehead atoms. The van der Waals surface area contributed by atoms with Crippen LogP contribution in [0.4, 0.5) is 27.6 Å². The molecular weight excluding hydrogens is 467 g/mol. The summed E-state index contributed by atoms with van der Waals surface area (Å²) >= 11 is 6.41. The van der Waals surface area contributed by atoms with Crippen LogP contribution < -0.4 is 10.6 Å². The average Bonchev–Trinajstić information content (AvgIpc) is 3.63. The van der Waals surface area contributed by atoms with Crippen LogP contribution in [0.5, 0.6) is 0 Å². The monoisotopic (exact) mass is 486 g/mol. The Morgan fingerprint density at radius 3 is 2.36 bits per heavy atom. The minimum absolute atomic E-state index is 0.0338. The average molecular weight is 487 g/mol. The molecule has 4 rings (SSSR count). The highest BCUT2D eigenvalue weighted by molar-refractivity contribution is 6.30. The third-order valence-electron chi connectivity index (χ3n) is 6.09. The van der Waals surface area contributed by atoms with E-state index in [0.717, 1.165) is 18.9 Å². The van der Waals surface area contributed by atoms with Gasteiger partial charge in [-0.25, -0.2) is 8.78 Å². The van der Waals surface area contributed by atoms with Crippen molar-refractivity contribution in [3.8, 4) is 0 Å². The summed E-state index contributed by atoms with van der Waals surface area (Å²) in [7, 11) is 0. The normalized spacial score (nSPS) is 24.3. The third-order valence-corrected chi connectivity index (χ3v) is 6.56. The third kappa shape index (κ3) is 4.83. The number of hydrogen-bond donors (Lipinski definition) is 2. The lowest BCUT2D eigenvalue weighted by Crippen LogP contribution is -2.25. The lowest BCUT2D eigenvalue weighted by atomic mass is 10.0. The molecule has 3 unspecified atom stereocenters. The molecule has 2 aliphatic carbocycles. The molecule has 2 N–H and O–H groups in total. The van der Waals surface area contributed by atoms with Gasteiger partial charge in [-0.15, -0.1) is 11.6 Å². The first-order valence-electron chi connectivity index (χ1n) is 10.3. The number of anilines is 1. The zero-order valence-corrected chi connectivity index (χ0v) is 18.2. The topological polar surface area (TPSA) is 58.2 Å². The number of hydrogen-bond acceptors (Lipinski definition) is 2. The maximum atomic E-state index is 14.1. The number of carbonyl (C=O) groups excluding carboxylic acids is 2. The summed E-state index contributed by atoms with van der Waals surface area (Å²) in [5, 5.41) is 5.25. The van der Waals surface area contributed by atoms with Gasteiger partial charge in [0.2, 0.25) is 11.8 Å². The van der Waals surface area contributed by atoms with Crippen LogP contribution in [0.1, 0.15) is 42.4 Å². The van der Waals surface area contributed by atoms with Gasteiger partial charge in [0, 0.05) is 29.6 Å². The van der Waals surface area contributed by atoms with Gasteiger partial charge in [0.15, 0.2) is 0 Å². The SMILES string of the molecule is CC1(Cl)C(C(=O)Nc2ccc(F)c(CNC(=O)C3CC3)c2)C1c1ccc(F)c(C(F)(F)F)c1. The molecular formula is C23H20ClF5N2O2. The molecule has 2 aromatic carbocycles. The number of rotatable bonds is 6. The predicted molar refractivity (Wildman–Crippen MR) is 111 cm³/mol. The Morgan fingerprint density at radius 1 is 1.06 bits per heavy atom. The second kappa shape index (κ2) is 8.27. The molecule has 0 spiro atoms. The largest absolute Gasteiger partial charge is 0.419 e. The molecule has 176 valence electrons. The molecule has 2 amide bonds. The molecule has 2 aromatic rings. The first-order chi connectivity index (χ1) is 15.4. The lowest BCUT2D eigenvalue weighted by Gasteiger charge is -2.11. The number of benzene rings is 2. The molecule has 10 heteroatoms. The van der Waals surface area contributed by atoms with E-state index in [9.17, 15) is 31.5 Å². The zero-order chi connectivity index (χ0) is 24.1. The molecule has 0 saturated heterocycles. The first-order valence-corrected chi connectivity index (χ1v) is 10.7. The van der Waals surface area contributed by atoms with Crippen molar-refractivity contribution in [3.05, 3.63) is 64.7 Å². The van der Waals surface area contributed by atoms with Crippen LogP contribution in [0.2, 0.25) is 0 Å². The van der Waals surface area contributed by atoms with Crippen molar-refractivity contribution in [1.82, 2.24) is 5.32 Å². The number of alkyl halides is 4. The molecule has 0 aliphatic heterocycles. The minimum Gasteiger partial charge on any atom is -0.352 e. The van der Waals surface area contributed by atoms with Crippen molar-refractivity contribution in [2.24, 2.45) is 11.8 Å². The summed E-state index contributed by atoms with van der Waals surface area (Å²) in [6.45, 7) is 1.48. The van der Waals surface area contributed by atoms with E-state index in [1.54, 1.807) is 0 Å². The summed E-state index contributed by atoms with van der Waals surface area (Å²) in [6.07, 6.45) is -3.26. The van der Waals surface area contributed by atoms with E-state index in [-0.39, 0.29) is 35.2 Å². The predicted octanol–water partition coefficient (Wildman–Crippen LogP) is 5.36. The van der Waals surface area contributed by atoms with Gasteiger partial charge in [0.05, 0.1) is 16.4 Å². The number of carbonyl (C=O) groups is 2. The van der Waals surface area contributed by atoms with Crippen molar-refractivity contribution >= 4 is 29.1 Å². The fraction of sp³-hybridized carbons (Fsp3) is 0.391. The maximum absolute atomic E-state index is 14.1. The van der Waals surface area contributed by atoms with Crippen molar-refractivity contribution in [2.45, 2.75) is 43.3 Å². The Morgan fingerprint density at radius 2 is 1.73 bits per heavy atom. The number of halogens is 6. The quantitative estimate of drug-likeness (QED) is 0.426. The first kappa shape index (κ1) is 23.5. The van der Waals surface area contributed by atoms with Gasteiger partial charge in [-0.2, -0.15) is 13.2 Å². The fourth-order valence-electron chi connectivity index (χ4n) is 4.04. The molecule has 0 aromatic heterocycles. The smallest absolute Gasteiger partial charge is 0.352 e. The Bertz CT molecular complexity index is 1110. The van der Waals surface area contributed by atoms with Gasteiger partial charge in [0.1, 0.15) is 11.6 Å². The highest BCUT2D eigenvalue weighted by atomic mass is 35.5. The van der Waals surface area contributed by atoms with Gasteiger partial charge < -0.3 is 10.6 Å². The van der Waals surface area contributed by atoms with Crippen molar-refractivity contribution in [3.63, 3.8) is 0 Å². The van der Waals surface area contributed by atoms with Gasteiger partial charge in [0.25, 0.3) is 0 Å². The molecule has 0 radical (unpaired) electrons. The Balaban J connectivity index is 1.48. The van der Waals surface area contributed by atoms with Crippen LogP contribution in [-0.4, -0.2) is 16.7 Å². The van der Waals surface area contributed by atoms with Crippen molar-refractivity contribution < 1.29 is 31.5 Å². The standard InChI is InChI=1S/C23H20ClF5N2O2/c1-22(24)18(12-4-6-17(26)15(9-12)23(27,28)29)19(22)21(33)31-14-5-7-16(25)13(8-14)10-30-20(32)11-2-3-11/h4-9,11,18-19H,2-3,10H2,1H3,(H,30,32)(H,31,33). The molecule has 3 atom stereocenters. The molecule has 0 heterocycles. The zero-order valence-electron chi connectivity index (χ0n) is 17.4. The highest BCUT2D eigenvalue weighted by Crippen LogP contribution is 2.62. The maximum Gasteiger partial charge on any atom is 0.419 e. The molecule has 4 nitrogen and oxygen atoms in total.